The molecule has 1 atom stereocenters. The first-order valence-electron chi connectivity index (χ1n) is 3.98. The van der Waals surface area contributed by atoms with Gasteiger partial charge in [0.2, 0.25) is 0 Å². The summed E-state index contributed by atoms with van der Waals surface area (Å²) in [7, 11) is 0. The van der Waals surface area contributed by atoms with Crippen LogP contribution in [-0.4, -0.2) is 48.8 Å². The summed E-state index contributed by atoms with van der Waals surface area (Å²) in [5.41, 5.74) is 0. The summed E-state index contributed by atoms with van der Waals surface area (Å²) in [6.45, 7) is 0.264. The van der Waals surface area contributed by atoms with Gasteiger partial charge >= 0.3 is 6.18 Å². The quantitative estimate of drug-likeness (QED) is 0.701. The van der Waals surface area contributed by atoms with Gasteiger partial charge in [-0.05, 0) is 0 Å². The SMILES string of the molecule is FC(F)(F)CN1CCOC(CBr)C1. The number of ether oxygens (including phenoxy) is 1. The molecule has 6 heteroatoms. The lowest BCUT2D eigenvalue weighted by atomic mass is 10.3. The lowest BCUT2D eigenvalue weighted by Crippen LogP contribution is -2.46. The summed E-state index contributed by atoms with van der Waals surface area (Å²) in [5.74, 6) is 0. The molecule has 1 heterocycles. The van der Waals surface area contributed by atoms with E-state index < -0.39 is 12.7 Å². The van der Waals surface area contributed by atoms with Crippen molar-refractivity contribution < 1.29 is 17.9 Å². The van der Waals surface area contributed by atoms with Crippen molar-refractivity contribution in [2.75, 3.05) is 31.6 Å². The number of hydrogen-bond acceptors (Lipinski definition) is 2. The van der Waals surface area contributed by atoms with Crippen molar-refractivity contribution in [2.24, 2.45) is 0 Å². The molecule has 0 amide bonds. The molecule has 0 saturated carbocycles. The Morgan fingerprint density at radius 3 is 2.69 bits per heavy atom. The zero-order chi connectivity index (χ0) is 9.90. The lowest BCUT2D eigenvalue weighted by molar-refractivity contribution is -0.157. The summed E-state index contributed by atoms with van der Waals surface area (Å²) in [5, 5.41) is 0.585. The van der Waals surface area contributed by atoms with E-state index in [-0.39, 0.29) is 6.10 Å². The fourth-order valence-corrected chi connectivity index (χ4v) is 1.66. The van der Waals surface area contributed by atoms with Gasteiger partial charge in [-0.2, -0.15) is 13.2 Å². The van der Waals surface area contributed by atoms with Crippen molar-refractivity contribution in [3.05, 3.63) is 0 Å². The Hall–Kier alpha value is 0.190. The van der Waals surface area contributed by atoms with Crippen LogP contribution < -0.4 is 0 Å². The first-order valence-corrected chi connectivity index (χ1v) is 5.10. The van der Waals surface area contributed by atoms with Crippen LogP contribution in [0.2, 0.25) is 0 Å². The van der Waals surface area contributed by atoms with Crippen LogP contribution in [0.4, 0.5) is 13.2 Å². The van der Waals surface area contributed by atoms with E-state index in [1.54, 1.807) is 0 Å². The van der Waals surface area contributed by atoms with Crippen LogP contribution in [0.5, 0.6) is 0 Å². The van der Waals surface area contributed by atoms with Crippen molar-refractivity contribution >= 4 is 15.9 Å². The highest BCUT2D eigenvalue weighted by Crippen LogP contribution is 2.18. The van der Waals surface area contributed by atoms with Crippen LogP contribution in [0.3, 0.4) is 0 Å². The zero-order valence-corrected chi connectivity index (χ0v) is 8.57. The molecular weight excluding hydrogens is 251 g/mol. The topological polar surface area (TPSA) is 12.5 Å². The molecule has 13 heavy (non-hydrogen) atoms. The van der Waals surface area contributed by atoms with Crippen molar-refractivity contribution in [1.82, 2.24) is 4.90 Å². The molecule has 1 saturated heterocycles. The van der Waals surface area contributed by atoms with E-state index in [4.69, 9.17) is 4.74 Å². The van der Waals surface area contributed by atoms with Gasteiger partial charge in [0.1, 0.15) is 0 Å². The Morgan fingerprint density at radius 1 is 1.46 bits per heavy atom. The molecule has 0 aromatic carbocycles. The first kappa shape index (κ1) is 11.3. The predicted molar refractivity (Wildman–Crippen MR) is 46.0 cm³/mol. The van der Waals surface area contributed by atoms with Gasteiger partial charge in [-0.1, -0.05) is 15.9 Å². The highest BCUT2D eigenvalue weighted by atomic mass is 79.9. The normalized spacial score (nSPS) is 26.3. The van der Waals surface area contributed by atoms with E-state index in [9.17, 15) is 13.2 Å². The molecule has 1 fully saturated rings. The van der Waals surface area contributed by atoms with E-state index >= 15 is 0 Å². The summed E-state index contributed by atoms with van der Waals surface area (Å²) < 4.78 is 41.1. The highest BCUT2D eigenvalue weighted by Gasteiger charge is 2.32. The van der Waals surface area contributed by atoms with Crippen LogP contribution in [-0.2, 0) is 4.74 Å². The van der Waals surface area contributed by atoms with Crippen molar-refractivity contribution in [3.63, 3.8) is 0 Å². The average Bonchev–Trinajstić information content (AvgIpc) is 2.01. The fraction of sp³-hybridized carbons (Fsp3) is 1.00. The van der Waals surface area contributed by atoms with E-state index in [1.807, 2.05) is 0 Å². The van der Waals surface area contributed by atoms with Gasteiger partial charge in [-0.15, -0.1) is 0 Å². The van der Waals surface area contributed by atoms with Crippen molar-refractivity contribution in [3.8, 4) is 0 Å². The number of nitrogens with zero attached hydrogens (tertiary/aromatic N) is 1. The van der Waals surface area contributed by atoms with E-state index in [2.05, 4.69) is 15.9 Å². The second kappa shape index (κ2) is 4.61. The van der Waals surface area contributed by atoms with Gasteiger partial charge in [0.25, 0.3) is 0 Å². The Bertz CT molecular complexity index is 164. The van der Waals surface area contributed by atoms with E-state index in [0.29, 0.717) is 25.0 Å². The van der Waals surface area contributed by atoms with Gasteiger partial charge in [0.05, 0.1) is 19.3 Å². The fourth-order valence-electron chi connectivity index (χ4n) is 1.27. The minimum atomic E-state index is -4.10. The molecular formula is C7H11BrF3NO. The standard InChI is InChI=1S/C7H11BrF3NO/c8-3-6-4-12(1-2-13-6)5-7(9,10)11/h6H,1-5H2. The smallest absolute Gasteiger partial charge is 0.375 e. The van der Waals surface area contributed by atoms with E-state index in [0.717, 1.165) is 0 Å². The molecule has 78 valence electrons. The molecule has 0 aromatic heterocycles. The number of halogens is 4. The van der Waals surface area contributed by atoms with Gasteiger partial charge in [-0.25, -0.2) is 0 Å². The van der Waals surface area contributed by atoms with Crippen LogP contribution >= 0.6 is 15.9 Å². The maximum Gasteiger partial charge on any atom is 0.401 e. The van der Waals surface area contributed by atoms with Crippen LogP contribution in [0, 0.1) is 0 Å². The Balaban J connectivity index is 2.34. The lowest BCUT2D eigenvalue weighted by Gasteiger charge is -2.32. The molecule has 1 rings (SSSR count). The maximum atomic E-state index is 12.0. The molecule has 0 bridgehead atoms. The molecule has 0 radical (unpaired) electrons. The van der Waals surface area contributed by atoms with Crippen molar-refractivity contribution in [1.29, 1.82) is 0 Å². The van der Waals surface area contributed by atoms with Gasteiger partial charge in [0.15, 0.2) is 0 Å². The average molecular weight is 262 g/mol. The third-order valence-corrected chi connectivity index (χ3v) is 2.52. The van der Waals surface area contributed by atoms with Gasteiger partial charge < -0.3 is 4.74 Å². The molecule has 0 aromatic rings. The molecule has 0 N–H and O–H groups in total. The molecule has 1 aliphatic heterocycles. The minimum absolute atomic E-state index is 0.115. The Morgan fingerprint density at radius 2 is 2.15 bits per heavy atom. The highest BCUT2D eigenvalue weighted by molar-refractivity contribution is 9.09. The van der Waals surface area contributed by atoms with Crippen LogP contribution in [0.25, 0.3) is 0 Å². The number of morpholine rings is 1. The number of hydrogen-bond donors (Lipinski definition) is 0. The van der Waals surface area contributed by atoms with Crippen LogP contribution in [0.1, 0.15) is 0 Å². The molecule has 0 spiro atoms. The summed E-state index contributed by atoms with van der Waals surface area (Å²) >= 11 is 3.19. The van der Waals surface area contributed by atoms with Crippen molar-refractivity contribution in [2.45, 2.75) is 12.3 Å². The van der Waals surface area contributed by atoms with Gasteiger partial charge in [0, 0.05) is 18.4 Å². The molecule has 1 aliphatic rings. The van der Waals surface area contributed by atoms with Crippen LogP contribution in [0.15, 0.2) is 0 Å². The maximum absolute atomic E-state index is 12.0. The molecule has 0 aliphatic carbocycles. The minimum Gasteiger partial charge on any atom is -0.375 e. The molecule has 1 unspecified atom stereocenters. The Labute approximate surface area is 83.2 Å². The predicted octanol–water partition coefficient (Wildman–Crippen LogP) is 1.64. The Kier molecular flexibility index (Phi) is 4.00. The van der Waals surface area contributed by atoms with Gasteiger partial charge in [-0.3, -0.25) is 4.90 Å². The largest absolute Gasteiger partial charge is 0.401 e. The number of alkyl halides is 4. The summed E-state index contributed by atoms with van der Waals surface area (Å²) in [6.07, 6.45) is -4.22. The molecule has 2 nitrogen and oxygen atoms in total. The third kappa shape index (κ3) is 4.28. The monoisotopic (exact) mass is 261 g/mol. The first-order chi connectivity index (χ1) is 6.01. The zero-order valence-electron chi connectivity index (χ0n) is 6.98. The second-order valence-electron chi connectivity index (χ2n) is 3.00. The van der Waals surface area contributed by atoms with E-state index in [1.165, 1.54) is 4.90 Å². The third-order valence-electron chi connectivity index (χ3n) is 1.80. The number of rotatable bonds is 2. The summed E-state index contributed by atoms with van der Waals surface area (Å²) in [4.78, 5) is 1.37. The summed E-state index contributed by atoms with van der Waals surface area (Å²) in [6, 6.07) is 0. The second-order valence-corrected chi connectivity index (χ2v) is 3.64.